The van der Waals surface area contributed by atoms with E-state index in [9.17, 15) is 4.79 Å². The number of rotatable bonds is 1. The van der Waals surface area contributed by atoms with Gasteiger partial charge in [0.2, 0.25) is 0 Å². The maximum Gasteiger partial charge on any atom is 0.277 e. The van der Waals surface area contributed by atoms with Crippen LogP contribution in [0.25, 0.3) is 11.4 Å². The number of nitrogens with two attached hydrogens (primary N) is 1. The molecule has 0 aliphatic carbocycles. The Balaban J connectivity index is 2.64. The molecule has 3 N–H and O–H groups in total. The van der Waals surface area contributed by atoms with Crippen LogP contribution in [0, 0.1) is 6.92 Å². The van der Waals surface area contributed by atoms with E-state index in [0.29, 0.717) is 17.2 Å². The van der Waals surface area contributed by atoms with Crippen molar-refractivity contribution in [2.75, 3.05) is 5.73 Å². The monoisotopic (exact) mass is 205 g/mol. The summed E-state index contributed by atoms with van der Waals surface area (Å²) in [6.07, 6.45) is 1.57. The number of aromatic amines is 1. The molecule has 0 amide bonds. The largest absolute Gasteiger partial charge is 0.384 e. The Kier molecular flexibility index (Phi) is 2.03. The van der Waals surface area contributed by atoms with E-state index in [2.05, 4.69) is 15.1 Å². The molecule has 0 radical (unpaired) electrons. The predicted molar refractivity (Wildman–Crippen MR) is 56.2 cm³/mol. The highest BCUT2D eigenvalue weighted by atomic mass is 16.1. The molecule has 0 atom stereocenters. The predicted octanol–water partition coefficient (Wildman–Crippen LogP) is 0.0610. The molecule has 2 aromatic heterocycles. The lowest BCUT2D eigenvalue weighted by Crippen LogP contribution is -2.14. The first-order valence-electron chi connectivity index (χ1n) is 4.44. The van der Waals surface area contributed by atoms with Crippen LogP contribution in [0.3, 0.4) is 0 Å². The zero-order valence-corrected chi connectivity index (χ0v) is 8.48. The summed E-state index contributed by atoms with van der Waals surface area (Å²) in [5.74, 6) is 0.718. The summed E-state index contributed by atoms with van der Waals surface area (Å²) in [5.41, 5.74) is 6.58. The normalized spacial score (nSPS) is 10.5. The van der Waals surface area contributed by atoms with Crippen LogP contribution in [0.1, 0.15) is 5.69 Å². The van der Waals surface area contributed by atoms with Gasteiger partial charge >= 0.3 is 0 Å². The number of H-pyrrole nitrogens is 1. The molecule has 2 aromatic rings. The van der Waals surface area contributed by atoms with Crippen molar-refractivity contribution in [2.45, 2.75) is 6.92 Å². The first-order chi connectivity index (χ1) is 7.08. The summed E-state index contributed by atoms with van der Waals surface area (Å²) < 4.78 is 1.36. The topological polar surface area (TPSA) is 89.6 Å². The summed E-state index contributed by atoms with van der Waals surface area (Å²) in [7, 11) is 1.63. The minimum absolute atomic E-state index is 0.167. The lowest BCUT2D eigenvalue weighted by Gasteiger charge is -1.98. The van der Waals surface area contributed by atoms with Gasteiger partial charge in [0, 0.05) is 25.0 Å². The SMILES string of the molecule is Cc1cc(N)nc(-c2c[nH]n(C)c2=O)n1. The first kappa shape index (κ1) is 9.45. The molecule has 6 heteroatoms. The fraction of sp³-hybridized carbons (Fsp3) is 0.222. The van der Waals surface area contributed by atoms with Gasteiger partial charge in [0.1, 0.15) is 11.4 Å². The Labute approximate surface area is 85.8 Å². The van der Waals surface area contributed by atoms with Crippen molar-refractivity contribution in [3.8, 4) is 11.4 Å². The molecule has 2 heterocycles. The van der Waals surface area contributed by atoms with Gasteiger partial charge in [-0.2, -0.15) is 0 Å². The minimum atomic E-state index is -0.167. The molecule has 0 bridgehead atoms. The van der Waals surface area contributed by atoms with E-state index >= 15 is 0 Å². The zero-order valence-electron chi connectivity index (χ0n) is 8.48. The van der Waals surface area contributed by atoms with Crippen LogP contribution in [-0.4, -0.2) is 19.7 Å². The van der Waals surface area contributed by atoms with Gasteiger partial charge in [0.15, 0.2) is 5.82 Å². The van der Waals surface area contributed by atoms with E-state index in [-0.39, 0.29) is 5.56 Å². The van der Waals surface area contributed by atoms with Crippen molar-refractivity contribution in [2.24, 2.45) is 7.05 Å². The summed E-state index contributed by atoms with van der Waals surface area (Å²) in [4.78, 5) is 19.8. The van der Waals surface area contributed by atoms with Crippen molar-refractivity contribution in [1.29, 1.82) is 0 Å². The maximum atomic E-state index is 11.6. The quantitative estimate of drug-likeness (QED) is 0.689. The number of aromatic nitrogens is 4. The second-order valence-electron chi connectivity index (χ2n) is 3.31. The fourth-order valence-corrected chi connectivity index (χ4v) is 1.34. The zero-order chi connectivity index (χ0) is 11.0. The van der Waals surface area contributed by atoms with Crippen LogP contribution >= 0.6 is 0 Å². The van der Waals surface area contributed by atoms with E-state index in [1.54, 1.807) is 26.2 Å². The number of nitrogen functional groups attached to an aromatic ring is 1. The number of anilines is 1. The van der Waals surface area contributed by atoms with E-state index < -0.39 is 0 Å². The van der Waals surface area contributed by atoms with Crippen molar-refractivity contribution < 1.29 is 0 Å². The van der Waals surface area contributed by atoms with Gasteiger partial charge in [0.05, 0.1) is 0 Å². The van der Waals surface area contributed by atoms with Crippen LogP contribution in [0.2, 0.25) is 0 Å². The highest BCUT2D eigenvalue weighted by molar-refractivity contribution is 5.54. The average Bonchev–Trinajstić information content (AvgIpc) is 2.46. The van der Waals surface area contributed by atoms with Crippen molar-refractivity contribution >= 4 is 5.82 Å². The fourth-order valence-electron chi connectivity index (χ4n) is 1.34. The van der Waals surface area contributed by atoms with Gasteiger partial charge in [-0.1, -0.05) is 0 Å². The van der Waals surface area contributed by atoms with Crippen molar-refractivity contribution in [3.63, 3.8) is 0 Å². The molecule has 0 saturated heterocycles. The van der Waals surface area contributed by atoms with Gasteiger partial charge in [-0.25, -0.2) is 9.97 Å². The van der Waals surface area contributed by atoms with Crippen molar-refractivity contribution in [1.82, 2.24) is 19.7 Å². The summed E-state index contributed by atoms with van der Waals surface area (Å²) >= 11 is 0. The number of hydrogen-bond acceptors (Lipinski definition) is 4. The molecule has 0 fully saturated rings. The van der Waals surface area contributed by atoms with E-state index in [4.69, 9.17) is 5.73 Å². The smallest absolute Gasteiger partial charge is 0.277 e. The van der Waals surface area contributed by atoms with Gasteiger partial charge in [-0.15, -0.1) is 0 Å². The van der Waals surface area contributed by atoms with Crippen LogP contribution in [0.5, 0.6) is 0 Å². The third-order valence-corrected chi connectivity index (χ3v) is 2.05. The Bertz CT molecular complexity index is 534. The molecule has 15 heavy (non-hydrogen) atoms. The summed E-state index contributed by atoms with van der Waals surface area (Å²) in [5, 5.41) is 2.76. The molecule has 78 valence electrons. The Morgan fingerprint density at radius 1 is 1.47 bits per heavy atom. The average molecular weight is 205 g/mol. The first-order valence-corrected chi connectivity index (χ1v) is 4.44. The highest BCUT2D eigenvalue weighted by Crippen LogP contribution is 2.11. The number of aryl methyl sites for hydroxylation is 2. The molecule has 6 nitrogen and oxygen atoms in total. The standard InChI is InChI=1S/C9H11N5O/c1-5-3-7(10)13-8(12-5)6-4-11-14(2)9(6)15/h3-4,11H,1-2H3,(H2,10,12,13). The van der Waals surface area contributed by atoms with Gasteiger partial charge in [-0.3, -0.25) is 9.48 Å². The van der Waals surface area contributed by atoms with Gasteiger partial charge in [-0.05, 0) is 6.92 Å². The molecule has 0 unspecified atom stereocenters. The molecule has 0 aromatic carbocycles. The second kappa shape index (κ2) is 3.23. The van der Waals surface area contributed by atoms with Crippen LogP contribution in [-0.2, 0) is 7.05 Å². The number of nitrogens with one attached hydrogen (secondary N) is 1. The lowest BCUT2D eigenvalue weighted by molar-refractivity contribution is 0.740. The van der Waals surface area contributed by atoms with Crippen LogP contribution in [0.4, 0.5) is 5.82 Å². The Morgan fingerprint density at radius 3 is 2.73 bits per heavy atom. The molecule has 0 spiro atoms. The summed E-state index contributed by atoms with van der Waals surface area (Å²) in [6.45, 7) is 1.80. The number of hydrogen-bond donors (Lipinski definition) is 2. The molecule has 0 saturated carbocycles. The summed E-state index contributed by atoms with van der Waals surface area (Å²) in [6, 6.07) is 1.65. The van der Waals surface area contributed by atoms with Crippen molar-refractivity contribution in [3.05, 3.63) is 28.3 Å². The Morgan fingerprint density at radius 2 is 2.20 bits per heavy atom. The second-order valence-corrected chi connectivity index (χ2v) is 3.31. The van der Waals surface area contributed by atoms with Gasteiger partial charge < -0.3 is 10.8 Å². The maximum absolute atomic E-state index is 11.6. The molecule has 2 rings (SSSR count). The third kappa shape index (κ3) is 1.61. The number of nitrogens with zero attached hydrogens (tertiary/aromatic N) is 3. The lowest BCUT2D eigenvalue weighted by atomic mass is 10.3. The minimum Gasteiger partial charge on any atom is -0.384 e. The molecular formula is C9H11N5O. The Hall–Kier alpha value is -2.11. The highest BCUT2D eigenvalue weighted by Gasteiger charge is 2.10. The molecule has 0 aliphatic rings. The van der Waals surface area contributed by atoms with E-state index in [1.165, 1.54) is 4.68 Å². The van der Waals surface area contributed by atoms with E-state index in [0.717, 1.165) is 5.69 Å². The molecule has 0 aliphatic heterocycles. The van der Waals surface area contributed by atoms with E-state index in [1.807, 2.05) is 0 Å². The molecular weight excluding hydrogens is 194 g/mol. The third-order valence-electron chi connectivity index (χ3n) is 2.05. The van der Waals surface area contributed by atoms with Crippen LogP contribution < -0.4 is 11.3 Å². The van der Waals surface area contributed by atoms with Crippen LogP contribution in [0.15, 0.2) is 17.1 Å². The van der Waals surface area contributed by atoms with Gasteiger partial charge in [0.25, 0.3) is 5.56 Å².